The highest BCUT2D eigenvalue weighted by Gasteiger charge is 2.15. The van der Waals surface area contributed by atoms with Gasteiger partial charge in [0.1, 0.15) is 17.3 Å². The topological polar surface area (TPSA) is 69.7 Å². The van der Waals surface area contributed by atoms with E-state index < -0.39 is 5.97 Å². The molecule has 0 spiro atoms. The predicted molar refractivity (Wildman–Crippen MR) is 91.9 cm³/mol. The fourth-order valence-electron chi connectivity index (χ4n) is 2.44. The maximum Gasteiger partial charge on any atom is 0.339 e. The van der Waals surface area contributed by atoms with E-state index in [-0.39, 0.29) is 6.04 Å². The molecule has 0 saturated heterocycles. The van der Waals surface area contributed by atoms with Gasteiger partial charge in [-0.3, -0.25) is 0 Å². The molecule has 2 rings (SSSR count). The Morgan fingerprint density at radius 2 is 1.88 bits per heavy atom. The number of nitrogens with one attached hydrogen (secondary N) is 1. The molecular formula is C18H22N2O4. The van der Waals surface area contributed by atoms with Gasteiger partial charge in [0.05, 0.1) is 38.6 Å². The van der Waals surface area contributed by atoms with Crippen molar-refractivity contribution in [2.75, 3.05) is 26.6 Å². The van der Waals surface area contributed by atoms with Crippen molar-refractivity contribution < 1.29 is 19.0 Å². The molecule has 2 aromatic rings. The molecule has 6 nitrogen and oxygen atoms in total. The van der Waals surface area contributed by atoms with E-state index in [1.165, 1.54) is 7.11 Å². The number of methoxy groups -OCH3 is 3. The monoisotopic (exact) mass is 330 g/mol. The van der Waals surface area contributed by atoms with Gasteiger partial charge in [-0.2, -0.15) is 0 Å². The van der Waals surface area contributed by atoms with E-state index in [0.29, 0.717) is 17.1 Å². The highest BCUT2D eigenvalue weighted by Crippen LogP contribution is 2.31. The van der Waals surface area contributed by atoms with Crippen LogP contribution >= 0.6 is 0 Å². The molecule has 1 atom stereocenters. The molecule has 0 aliphatic heterocycles. The quantitative estimate of drug-likeness (QED) is 0.819. The lowest BCUT2D eigenvalue weighted by molar-refractivity contribution is 0.0599. The van der Waals surface area contributed by atoms with Crippen LogP contribution in [0.15, 0.2) is 30.3 Å². The van der Waals surface area contributed by atoms with Gasteiger partial charge in [-0.05, 0) is 44.2 Å². The summed E-state index contributed by atoms with van der Waals surface area (Å²) in [5, 5.41) is 3.31. The highest BCUT2D eigenvalue weighted by atomic mass is 16.5. The Hall–Kier alpha value is -2.76. The Morgan fingerprint density at radius 3 is 2.46 bits per heavy atom. The summed E-state index contributed by atoms with van der Waals surface area (Å²) in [6.45, 7) is 3.77. The van der Waals surface area contributed by atoms with Crippen LogP contribution in [0.25, 0.3) is 0 Å². The number of anilines is 1. The molecule has 1 unspecified atom stereocenters. The molecule has 1 aromatic carbocycles. The molecule has 128 valence electrons. The molecule has 0 radical (unpaired) electrons. The molecule has 0 amide bonds. The number of hydrogen-bond donors (Lipinski definition) is 1. The number of ether oxygens (including phenoxy) is 3. The average molecular weight is 330 g/mol. The number of carbonyl (C=O) groups excluding carboxylic acids is 1. The molecule has 0 fully saturated rings. The second-order valence-corrected chi connectivity index (χ2v) is 5.29. The number of hydrogen-bond acceptors (Lipinski definition) is 6. The number of nitrogens with zero attached hydrogens (tertiary/aromatic N) is 1. The lowest BCUT2D eigenvalue weighted by Gasteiger charge is -2.19. The minimum absolute atomic E-state index is 0.0640. The lowest BCUT2D eigenvalue weighted by atomic mass is 10.1. The standard InChI is InChI=1S/C18H22N2O4/c1-11-14(18(21)24-5)7-9-17(19-11)20-12(2)15-10-13(22-3)6-8-16(15)23-4/h6-10,12H,1-5H3,(H,19,20). The van der Waals surface area contributed by atoms with Crippen molar-refractivity contribution in [3.63, 3.8) is 0 Å². The van der Waals surface area contributed by atoms with E-state index in [1.807, 2.05) is 25.1 Å². The molecule has 1 aromatic heterocycles. The Morgan fingerprint density at radius 1 is 1.12 bits per heavy atom. The van der Waals surface area contributed by atoms with Crippen LogP contribution in [0.4, 0.5) is 5.82 Å². The van der Waals surface area contributed by atoms with Gasteiger partial charge in [-0.15, -0.1) is 0 Å². The molecule has 0 bridgehead atoms. The van der Waals surface area contributed by atoms with Crippen LogP contribution in [0.2, 0.25) is 0 Å². The van der Waals surface area contributed by atoms with Crippen LogP contribution in [0.5, 0.6) is 11.5 Å². The van der Waals surface area contributed by atoms with Crippen LogP contribution in [0, 0.1) is 6.92 Å². The van der Waals surface area contributed by atoms with Crippen LogP contribution in [-0.2, 0) is 4.74 Å². The summed E-state index contributed by atoms with van der Waals surface area (Å²) < 4.78 is 15.4. The third kappa shape index (κ3) is 3.76. The number of aryl methyl sites for hydroxylation is 1. The Labute approximate surface area is 141 Å². The summed E-state index contributed by atoms with van der Waals surface area (Å²) in [6.07, 6.45) is 0. The van der Waals surface area contributed by atoms with Crippen molar-refractivity contribution in [1.82, 2.24) is 4.98 Å². The maximum absolute atomic E-state index is 11.6. The molecule has 0 saturated carbocycles. The number of rotatable bonds is 6. The van der Waals surface area contributed by atoms with Crippen LogP contribution < -0.4 is 14.8 Å². The van der Waals surface area contributed by atoms with Crippen molar-refractivity contribution in [1.29, 1.82) is 0 Å². The SMILES string of the molecule is COC(=O)c1ccc(NC(C)c2cc(OC)ccc2OC)nc1C. The van der Waals surface area contributed by atoms with E-state index in [0.717, 1.165) is 17.1 Å². The number of aromatic nitrogens is 1. The summed E-state index contributed by atoms with van der Waals surface area (Å²) >= 11 is 0. The molecule has 0 aliphatic carbocycles. The summed E-state index contributed by atoms with van der Waals surface area (Å²) in [4.78, 5) is 16.1. The van der Waals surface area contributed by atoms with Gasteiger partial charge >= 0.3 is 5.97 Å². The fourth-order valence-corrected chi connectivity index (χ4v) is 2.44. The third-order valence-corrected chi connectivity index (χ3v) is 3.76. The molecule has 1 heterocycles. The zero-order chi connectivity index (χ0) is 17.7. The largest absolute Gasteiger partial charge is 0.497 e. The second-order valence-electron chi connectivity index (χ2n) is 5.29. The van der Waals surface area contributed by atoms with Gasteiger partial charge in [-0.25, -0.2) is 9.78 Å². The number of benzene rings is 1. The van der Waals surface area contributed by atoms with Crippen molar-refractivity contribution in [3.05, 3.63) is 47.2 Å². The summed E-state index contributed by atoms with van der Waals surface area (Å²) in [6, 6.07) is 9.03. The Bertz CT molecular complexity index is 731. The smallest absolute Gasteiger partial charge is 0.339 e. The summed E-state index contributed by atoms with van der Waals surface area (Å²) in [7, 11) is 4.61. The average Bonchev–Trinajstić information content (AvgIpc) is 2.60. The van der Waals surface area contributed by atoms with Gasteiger partial charge in [-0.1, -0.05) is 0 Å². The first kappa shape index (κ1) is 17.6. The molecule has 24 heavy (non-hydrogen) atoms. The minimum Gasteiger partial charge on any atom is -0.497 e. The van der Waals surface area contributed by atoms with Gasteiger partial charge in [0.2, 0.25) is 0 Å². The number of pyridine rings is 1. The fraction of sp³-hybridized carbons (Fsp3) is 0.333. The first-order valence-electron chi connectivity index (χ1n) is 7.54. The van der Waals surface area contributed by atoms with Crippen LogP contribution in [0.3, 0.4) is 0 Å². The van der Waals surface area contributed by atoms with Crippen molar-refractivity contribution >= 4 is 11.8 Å². The Balaban J connectivity index is 2.25. The van der Waals surface area contributed by atoms with Gasteiger partial charge < -0.3 is 19.5 Å². The molecular weight excluding hydrogens is 308 g/mol. The van der Waals surface area contributed by atoms with Gasteiger partial charge in [0.25, 0.3) is 0 Å². The van der Waals surface area contributed by atoms with Crippen molar-refractivity contribution in [3.8, 4) is 11.5 Å². The van der Waals surface area contributed by atoms with Crippen molar-refractivity contribution in [2.45, 2.75) is 19.9 Å². The molecule has 0 aliphatic rings. The zero-order valence-corrected chi connectivity index (χ0v) is 14.5. The van der Waals surface area contributed by atoms with Gasteiger partial charge in [0.15, 0.2) is 0 Å². The van der Waals surface area contributed by atoms with E-state index in [1.54, 1.807) is 33.3 Å². The van der Waals surface area contributed by atoms with E-state index >= 15 is 0 Å². The van der Waals surface area contributed by atoms with Gasteiger partial charge in [0, 0.05) is 5.56 Å². The second kappa shape index (κ2) is 7.68. The number of carbonyl (C=O) groups is 1. The molecule has 6 heteroatoms. The third-order valence-electron chi connectivity index (χ3n) is 3.76. The first-order valence-corrected chi connectivity index (χ1v) is 7.54. The zero-order valence-electron chi connectivity index (χ0n) is 14.5. The van der Waals surface area contributed by atoms with E-state index in [4.69, 9.17) is 14.2 Å². The minimum atomic E-state index is -0.394. The predicted octanol–water partition coefficient (Wildman–Crippen LogP) is 3.37. The lowest BCUT2D eigenvalue weighted by Crippen LogP contribution is -2.11. The van der Waals surface area contributed by atoms with E-state index in [2.05, 4.69) is 10.3 Å². The Kier molecular flexibility index (Phi) is 5.63. The maximum atomic E-state index is 11.6. The number of esters is 1. The highest BCUT2D eigenvalue weighted by molar-refractivity contribution is 5.90. The summed E-state index contributed by atoms with van der Waals surface area (Å²) in [5.41, 5.74) is 2.01. The van der Waals surface area contributed by atoms with Crippen molar-refractivity contribution in [2.24, 2.45) is 0 Å². The van der Waals surface area contributed by atoms with Crippen LogP contribution in [0.1, 0.15) is 34.6 Å². The molecule has 1 N–H and O–H groups in total. The summed E-state index contributed by atoms with van der Waals surface area (Å²) in [5.74, 6) is 1.79. The first-order chi connectivity index (χ1) is 11.5. The van der Waals surface area contributed by atoms with Crippen LogP contribution in [-0.4, -0.2) is 32.3 Å². The van der Waals surface area contributed by atoms with E-state index in [9.17, 15) is 4.79 Å². The normalized spacial score (nSPS) is 11.5.